The van der Waals surface area contributed by atoms with E-state index in [9.17, 15) is 0 Å². The standard InChI is InChI=1S/C7H6ClNO2/c1-9(11)7-5(8)3-2-4-6(7)10/h2-4H,1H2,(H-,10,11)/p+1. The Morgan fingerprint density at radius 2 is 2.09 bits per heavy atom. The highest BCUT2D eigenvalue weighted by Crippen LogP contribution is 2.31. The van der Waals surface area contributed by atoms with Crippen LogP contribution in [0, 0.1) is 0 Å². The van der Waals surface area contributed by atoms with Crippen LogP contribution in [0.5, 0.6) is 5.75 Å². The summed E-state index contributed by atoms with van der Waals surface area (Å²) in [5.74, 6) is -0.102. The first-order chi connectivity index (χ1) is 5.13. The molecule has 2 N–H and O–H groups in total. The average molecular weight is 173 g/mol. The predicted molar refractivity (Wildman–Crippen MR) is 41.9 cm³/mol. The first-order valence-corrected chi connectivity index (χ1v) is 3.27. The Kier molecular flexibility index (Phi) is 2.01. The molecular weight excluding hydrogens is 166 g/mol. The van der Waals surface area contributed by atoms with E-state index in [-0.39, 0.29) is 16.5 Å². The maximum Gasteiger partial charge on any atom is 0.316 e. The van der Waals surface area contributed by atoms with Gasteiger partial charge >= 0.3 is 5.69 Å². The lowest BCUT2D eigenvalue weighted by molar-refractivity contribution is -0.706. The fraction of sp³-hybridized carbons (Fsp3) is 0. The van der Waals surface area contributed by atoms with Crippen LogP contribution in [0.15, 0.2) is 18.2 Å². The van der Waals surface area contributed by atoms with Crippen LogP contribution in [0.2, 0.25) is 5.02 Å². The Hall–Kier alpha value is -1.22. The molecule has 1 rings (SSSR count). The number of halogens is 1. The van der Waals surface area contributed by atoms with Gasteiger partial charge in [0.05, 0.1) is 0 Å². The molecule has 0 saturated heterocycles. The number of para-hydroxylation sites is 1. The molecule has 0 aliphatic carbocycles. The number of hydrogen-bond acceptors (Lipinski definition) is 2. The summed E-state index contributed by atoms with van der Waals surface area (Å²) in [5, 5.41) is 18.3. The maximum absolute atomic E-state index is 9.14. The molecule has 0 amide bonds. The van der Waals surface area contributed by atoms with Gasteiger partial charge in [-0.3, -0.25) is 5.21 Å². The molecule has 58 valence electrons. The number of nitrogens with zero attached hydrogens (tertiary/aromatic N) is 1. The van der Waals surface area contributed by atoms with Crippen molar-refractivity contribution >= 4 is 24.0 Å². The summed E-state index contributed by atoms with van der Waals surface area (Å²) in [6, 6.07) is 4.53. The van der Waals surface area contributed by atoms with Gasteiger partial charge in [-0.1, -0.05) is 17.7 Å². The van der Waals surface area contributed by atoms with Crippen molar-refractivity contribution in [3.8, 4) is 5.75 Å². The lowest BCUT2D eigenvalue weighted by Crippen LogP contribution is -1.94. The van der Waals surface area contributed by atoms with Crippen LogP contribution in [-0.4, -0.2) is 21.8 Å². The molecule has 0 spiro atoms. The van der Waals surface area contributed by atoms with Crippen molar-refractivity contribution in [3.05, 3.63) is 23.2 Å². The maximum atomic E-state index is 9.14. The summed E-state index contributed by atoms with van der Waals surface area (Å²) in [6.45, 7) is 3.17. The third-order valence-electron chi connectivity index (χ3n) is 1.22. The molecule has 0 aromatic heterocycles. The number of aromatic hydroxyl groups is 1. The molecule has 1 aromatic carbocycles. The number of rotatable bonds is 1. The number of phenols is 1. The first-order valence-electron chi connectivity index (χ1n) is 2.90. The third kappa shape index (κ3) is 1.43. The molecule has 0 aliphatic heterocycles. The summed E-state index contributed by atoms with van der Waals surface area (Å²) in [7, 11) is 0. The van der Waals surface area contributed by atoms with Crippen molar-refractivity contribution in [2.45, 2.75) is 0 Å². The summed E-state index contributed by atoms with van der Waals surface area (Å²) in [5.41, 5.74) is 0.106. The highest BCUT2D eigenvalue weighted by atomic mass is 35.5. The smallest absolute Gasteiger partial charge is 0.316 e. The van der Waals surface area contributed by atoms with Crippen molar-refractivity contribution in [2.24, 2.45) is 0 Å². The van der Waals surface area contributed by atoms with Crippen molar-refractivity contribution < 1.29 is 15.1 Å². The molecular formula is C7H7ClNO2+. The molecule has 0 atom stereocenters. The van der Waals surface area contributed by atoms with E-state index in [2.05, 4.69) is 6.72 Å². The summed E-state index contributed by atoms with van der Waals surface area (Å²) < 4.78 is 0.525. The van der Waals surface area contributed by atoms with Crippen molar-refractivity contribution in [1.29, 1.82) is 0 Å². The lowest BCUT2D eigenvalue weighted by Gasteiger charge is -1.95. The van der Waals surface area contributed by atoms with Gasteiger partial charge in [0.2, 0.25) is 0 Å². The predicted octanol–water partition coefficient (Wildman–Crippen LogP) is 1.78. The molecule has 1 aromatic rings. The zero-order valence-corrected chi connectivity index (χ0v) is 6.41. The van der Waals surface area contributed by atoms with E-state index in [1.54, 1.807) is 12.1 Å². The van der Waals surface area contributed by atoms with E-state index < -0.39 is 0 Å². The van der Waals surface area contributed by atoms with Crippen LogP contribution in [-0.2, 0) is 0 Å². The van der Waals surface area contributed by atoms with E-state index in [0.29, 0.717) is 4.74 Å². The quantitative estimate of drug-likeness (QED) is 0.294. The number of hydrogen-bond donors (Lipinski definition) is 2. The van der Waals surface area contributed by atoms with E-state index in [0.717, 1.165) is 0 Å². The minimum atomic E-state index is -0.102. The Balaban J connectivity index is 3.32. The normalized spacial score (nSPS) is 9.55. The Morgan fingerprint density at radius 3 is 2.45 bits per heavy atom. The molecule has 0 unspecified atom stereocenters. The van der Waals surface area contributed by atoms with Gasteiger partial charge in [0.15, 0.2) is 12.5 Å². The topological polar surface area (TPSA) is 43.5 Å². The second kappa shape index (κ2) is 2.80. The zero-order chi connectivity index (χ0) is 8.43. The van der Waals surface area contributed by atoms with Crippen LogP contribution in [0.1, 0.15) is 0 Å². The Labute approximate surface area is 68.7 Å². The van der Waals surface area contributed by atoms with E-state index >= 15 is 0 Å². The van der Waals surface area contributed by atoms with Crippen LogP contribution >= 0.6 is 11.6 Å². The van der Waals surface area contributed by atoms with Gasteiger partial charge in [0.1, 0.15) is 5.02 Å². The fourth-order valence-corrected chi connectivity index (χ4v) is 1.03. The average Bonchev–Trinajstić information content (AvgIpc) is 1.85. The molecule has 3 nitrogen and oxygen atoms in total. The van der Waals surface area contributed by atoms with Gasteiger partial charge in [-0.2, -0.15) is 0 Å². The molecule has 0 heterocycles. The van der Waals surface area contributed by atoms with Crippen molar-refractivity contribution in [2.75, 3.05) is 0 Å². The van der Waals surface area contributed by atoms with Crippen LogP contribution < -0.4 is 0 Å². The zero-order valence-electron chi connectivity index (χ0n) is 5.66. The SMILES string of the molecule is C=[N+](O)c1c(O)cccc1Cl. The van der Waals surface area contributed by atoms with Gasteiger partial charge in [0, 0.05) is 4.74 Å². The molecule has 0 bridgehead atoms. The lowest BCUT2D eigenvalue weighted by atomic mass is 10.3. The van der Waals surface area contributed by atoms with E-state index in [1.165, 1.54) is 6.07 Å². The van der Waals surface area contributed by atoms with E-state index in [1.807, 2.05) is 0 Å². The first kappa shape index (κ1) is 7.88. The Bertz CT molecular complexity index is 278. The van der Waals surface area contributed by atoms with Gasteiger partial charge < -0.3 is 5.11 Å². The molecule has 0 aliphatic rings. The fourth-order valence-electron chi connectivity index (χ4n) is 0.759. The van der Waals surface area contributed by atoms with Crippen LogP contribution in [0.25, 0.3) is 0 Å². The second-order valence-electron chi connectivity index (χ2n) is 2.01. The second-order valence-corrected chi connectivity index (χ2v) is 2.41. The molecule has 0 radical (unpaired) electrons. The largest absolute Gasteiger partial charge is 0.502 e. The van der Waals surface area contributed by atoms with Crippen molar-refractivity contribution in [1.82, 2.24) is 0 Å². The Morgan fingerprint density at radius 1 is 1.45 bits per heavy atom. The summed E-state index contributed by atoms with van der Waals surface area (Å²) in [6.07, 6.45) is 0. The number of benzene rings is 1. The van der Waals surface area contributed by atoms with Gasteiger partial charge in [-0.05, 0) is 12.1 Å². The highest BCUT2D eigenvalue weighted by molar-refractivity contribution is 6.32. The van der Waals surface area contributed by atoms with Gasteiger partial charge in [-0.25, -0.2) is 0 Å². The van der Waals surface area contributed by atoms with E-state index in [4.69, 9.17) is 21.9 Å². The minimum absolute atomic E-state index is 0.102. The number of phenolic OH excluding ortho intramolecular Hbond substituents is 1. The molecule has 0 fully saturated rings. The van der Waals surface area contributed by atoms with Crippen LogP contribution in [0.4, 0.5) is 5.69 Å². The minimum Gasteiger partial charge on any atom is -0.502 e. The molecule has 11 heavy (non-hydrogen) atoms. The third-order valence-corrected chi connectivity index (χ3v) is 1.53. The molecule has 4 heteroatoms. The monoisotopic (exact) mass is 172 g/mol. The summed E-state index contributed by atoms with van der Waals surface area (Å²) in [4.78, 5) is 0. The van der Waals surface area contributed by atoms with Gasteiger partial charge in [0.25, 0.3) is 0 Å². The summed E-state index contributed by atoms with van der Waals surface area (Å²) >= 11 is 5.62. The van der Waals surface area contributed by atoms with Crippen molar-refractivity contribution in [3.63, 3.8) is 0 Å². The van der Waals surface area contributed by atoms with Gasteiger partial charge in [-0.15, -0.1) is 0 Å². The van der Waals surface area contributed by atoms with Crippen LogP contribution in [0.3, 0.4) is 0 Å². The molecule has 0 saturated carbocycles. The highest BCUT2D eigenvalue weighted by Gasteiger charge is 2.15.